The third-order valence-corrected chi connectivity index (χ3v) is 4.46. The lowest BCUT2D eigenvalue weighted by Crippen LogP contribution is -2.39. The molecule has 0 aromatic carbocycles. The zero-order chi connectivity index (χ0) is 13.1. The van der Waals surface area contributed by atoms with Crippen LogP contribution in [0.4, 0.5) is 0 Å². The van der Waals surface area contributed by atoms with E-state index < -0.39 is 12.0 Å². The second kappa shape index (κ2) is 5.67. The molecular weight excluding hydrogens is 318 g/mol. The first-order chi connectivity index (χ1) is 8.58. The van der Waals surface area contributed by atoms with Crippen LogP contribution in [0.5, 0.6) is 0 Å². The number of likely N-dealkylation sites (tertiary alicyclic amines) is 1. The van der Waals surface area contributed by atoms with Gasteiger partial charge in [-0.3, -0.25) is 4.79 Å². The van der Waals surface area contributed by atoms with Gasteiger partial charge in [0.25, 0.3) is 0 Å². The maximum absolute atomic E-state index is 11.9. The minimum Gasteiger partial charge on any atom is -0.480 e. The topological polar surface area (TPSA) is 57.6 Å². The Bertz CT molecular complexity index is 497. The number of aliphatic carboxylic acids is 1. The number of halogens is 1. The van der Waals surface area contributed by atoms with Gasteiger partial charge in [0.1, 0.15) is 6.04 Å². The normalized spacial score (nSPS) is 19.6. The number of amides is 1. The number of hydrogen-bond acceptors (Lipinski definition) is 3. The zero-order valence-corrected chi connectivity index (χ0v) is 11.9. The van der Waals surface area contributed by atoms with Gasteiger partial charge in [-0.15, -0.1) is 11.3 Å². The van der Waals surface area contributed by atoms with Crippen molar-refractivity contribution < 1.29 is 14.7 Å². The summed E-state index contributed by atoms with van der Waals surface area (Å²) in [5.41, 5.74) is 0. The molecule has 6 heteroatoms. The van der Waals surface area contributed by atoms with Crippen molar-refractivity contribution in [3.63, 3.8) is 0 Å². The molecule has 1 fully saturated rings. The Kier molecular flexibility index (Phi) is 4.19. The minimum atomic E-state index is -0.923. The Morgan fingerprint density at radius 1 is 1.56 bits per heavy atom. The van der Waals surface area contributed by atoms with Crippen molar-refractivity contribution in [2.24, 2.45) is 0 Å². The van der Waals surface area contributed by atoms with Gasteiger partial charge >= 0.3 is 5.97 Å². The van der Waals surface area contributed by atoms with E-state index in [1.54, 1.807) is 6.08 Å². The molecule has 1 aromatic rings. The molecule has 0 spiro atoms. The van der Waals surface area contributed by atoms with E-state index >= 15 is 0 Å². The van der Waals surface area contributed by atoms with Crippen molar-refractivity contribution >= 4 is 45.2 Å². The maximum Gasteiger partial charge on any atom is 0.326 e. The fourth-order valence-corrected chi connectivity index (χ4v) is 3.29. The molecule has 96 valence electrons. The summed E-state index contributed by atoms with van der Waals surface area (Å²) in [5, 5.41) is 10.9. The lowest BCUT2D eigenvalue weighted by atomic mass is 10.2. The SMILES string of the molecule is O=C(O)C1CCCN1C(=O)/C=C/c1cc(Br)cs1. The number of rotatable bonds is 3. The van der Waals surface area contributed by atoms with Crippen LogP contribution in [0, 0.1) is 0 Å². The molecule has 2 rings (SSSR count). The van der Waals surface area contributed by atoms with E-state index in [4.69, 9.17) is 5.11 Å². The Labute approximate surface area is 117 Å². The third-order valence-electron chi connectivity index (χ3n) is 2.80. The molecule has 0 radical (unpaired) electrons. The summed E-state index contributed by atoms with van der Waals surface area (Å²) in [6, 6.07) is 1.24. The molecule has 1 atom stereocenters. The Balaban J connectivity index is 2.03. The lowest BCUT2D eigenvalue weighted by Gasteiger charge is -2.19. The van der Waals surface area contributed by atoms with Crippen molar-refractivity contribution in [3.8, 4) is 0 Å². The summed E-state index contributed by atoms with van der Waals surface area (Å²) in [5.74, 6) is -1.16. The Morgan fingerprint density at radius 2 is 2.33 bits per heavy atom. The van der Waals surface area contributed by atoms with Crippen molar-refractivity contribution in [2.45, 2.75) is 18.9 Å². The molecule has 1 unspecified atom stereocenters. The molecule has 1 saturated heterocycles. The monoisotopic (exact) mass is 329 g/mol. The molecule has 4 nitrogen and oxygen atoms in total. The van der Waals surface area contributed by atoms with Crippen LogP contribution >= 0.6 is 27.3 Å². The molecule has 2 heterocycles. The van der Waals surface area contributed by atoms with E-state index in [9.17, 15) is 9.59 Å². The summed E-state index contributed by atoms with van der Waals surface area (Å²) in [4.78, 5) is 25.3. The first-order valence-electron chi connectivity index (χ1n) is 5.53. The first kappa shape index (κ1) is 13.3. The summed E-state index contributed by atoms with van der Waals surface area (Å²) in [6.07, 6.45) is 4.45. The average Bonchev–Trinajstić information content (AvgIpc) is 2.94. The summed E-state index contributed by atoms with van der Waals surface area (Å²) in [7, 11) is 0. The van der Waals surface area contributed by atoms with Gasteiger partial charge in [0.2, 0.25) is 5.91 Å². The standard InChI is InChI=1S/C12H12BrNO3S/c13-8-6-9(18-7-8)3-4-11(15)14-5-1-2-10(14)12(16)17/h3-4,6-7,10H,1-2,5H2,(H,16,17)/b4-3+. The predicted molar refractivity (Wildman–Crippen MR) is 73.4 cm³/mol. The Morgan fingerprint density at radius 3 is 2.94 bits per heavy atom. The number of thiophene rings is 1. The molecule has 0 bridgehead atoms. The lowest BCUT2D eigenvalue weighted by molar-refractivity contribution is -0.146. The number of carbonyl (C=O) groups excluding carboxylic acids is 1. The maximum atomic E-state index is 11.9. The van der Waals surface area contributed by atoms with Gasteiger partial charge in [-0.25, -0.2) is 4.79 Å². The van der Waals surface area contributed by atoms with Crippen LogP contribution in [0.25, 0.3) is 6.08 Å². The van der Waals surface area contributed by atoms with E-state index in [1.807, 2.05) is 11.4 Å². The van der Waals surface area contributed by atoms with Gasteiger partial charge < -0.3 is 10.0 Å². The number of carboxylic acid groups (broad SMARTS) is 1. The summed E-state index contributed by atoms with van der Waals surface area (Å²) >= 11 is 4.86. The second-order valence-electron chi connectivity index (χ2n) is 4.03. The number of nitrogens with zero attached hydrogens (tertiary/aromatic N) is 1. The van der Waals surface area contributed by atoms with Gasteiger partial charge in [-0.05, 0) is 40.9 Å². The number of carboxylic acids is 1. The van der Waals surface area contributed by atoms with Crippen molar-refractivity contribution in [1.82, 2.24) is 4.90 Å². The second-order valence-corrected chi connectivity index (χ2v) is 5.89. The highest BCUT2D eigenvalue weighted by molar-refractivity contribution is 9.10. The van der Waals surface area contributed by atoms with E-state index in [-0.39, 0.29) is 5.91 Å². The predicted octanol–water partition coefficient (Wildman–Crippen LogP) is 2.60. The molecule has 0 aliphatic carbocycles. The summed E-state index contributed by atoms with van der Waals surface area (Å²) in [6.45, 7) is 0.522. The van der Waals surface area contributed by atoms with E-state index in [1.165, 1.54) is 22.3 Å². The van der Waals surface area contributed by atoms with Gasteiger partial charge in [-0.2, -0.15) is 0 Å². The third kappa shape index (κ3) is 3.00. The minimum absolute atomic E-state index is 0.232. The van der Waals surface area contributed by atoms with Crippen molar-refractivity contribution in [3.05, 3.63) is 26.9 Å². The highest BCUT2D eigenvalue weighted by atomic mass is 79.9. The molecule has 1 N–H and O–H groups in total. The van der Waals surface area contributed by atoms with Crippen LogP contribution < -0.4 is 0 Å². The number of hydrogen-bond donors (Lipinski definition) is 1. The fourth-order valence-electron chi connectivity index (χ4n) is 1.95. The molecule has 1 aliphatic rings. The fraction of sp³-hybridized carbons (Fsp3) is 0.333. The number of carbonyl (C=O) groups is 2. The molecule has 0 saturated carbocycles. The highest BCUT2D eigenvalue weighted by Gasteiger charge is 2.32. The Hall–Kier alpha value is -1.14. The molecule has 1 amide bonds. The van der Waals surface area contributed by atoms with E-state index in [0.29, 0.717) is 13.0 Å². The quantitative estimate of drug-likeness (QED) is 0.867. The van der Waals surface area contributed by atoms with E-state index in [2.05, 4.69) is 15.9 Å². The molecule has 18 heavy (non-hydrogen) atoms. The van der Waals surface area contributed by atoms with E-state index in [0.717, 1.165) is 15.8 Å². The van der Waals surface area contributed by atoms with Gasteiger partial charge in [0.05, 0.1) is 0 Å². The molecule has 1 aliphatic heterocycles. The zero-order valence-electron chi connectivity index (χ0n) is 9.51. The first-order valence-corrected chi connectivity index (χ1v) is 7.20. The van der Waals surface area contributed by atoms with Crippen molar-refractivity contribution in [1.29, 1.82) is 0 Å². The van der Waals surface area contributed by atoms with Crippen molar-refractivity contribution in [2.75, 3.05) is 6.54 Å². The van der Waals surface area contributed by atoms with Crippen LogP contribution in [0.2, 0.25) is 0 Å². The van der Waals surface area contributed by atoms with Gasteiger partial charge in [-0.1, -0.05) is 0 Å². The van der Waals surface area contributed by atoms with Crippen LogP contribution in [0.1, 0.15) is 17.7 Å². The summed E-state index contributed by atoms with van der Waals surface area (Å²) < 4.78 is 0.976. The van der Waals surface area contributed by atoms with Crippen LogP contribution in [0.15, 0.2) is 22.0 Å². The van der Waals surface area contributed by atoms with Gasteiger partial charge in [0, 0.05) is 27.4 Å². The highest BCUT2D eigenvalue weighted by Crippen LogP contribution is 2.22. The smallest absolute Gasteiger partial charge is 0.326 e. The molecular formula is C12H12BrNO3S. The average molecular weight is 330 g/mol. The van der Waals surface area contributed by atoms with Crippen LogP contribution in [-0.4, -0.2) is 34.5 Å². The largest absolute Gasteiger partial charge is 0.480 e. The van der Waals surface area contributed by atoms with Gasteiger partial charge in [0.15, 0.2) is 0 Å². The van der Waals surface area contributed by atoms with Crippen LogP contribution in [0.3, 0.4) is 0 Å². The molecule has 1 aromatic heterocycles. The van der Waals surface area contributed by atoms with Crippen LogP contribution in [-0.2, 0) is 9.59 Å².